The van der Waals surface area contributed by atoms with E-state index in [0.29, 0.717) is 23.9 Å². The number of allylic oxidation sites excluding steroid dienone is 4. The summed E-state index contributed by atoms with van der Waals surface area (Å²) in [6.45, 7) is 11.2. The molecule has 4 unspecified atom stereocenters. The molecule has 0 saturated carbocycles. The molecular weight excluding hydrogens is 608 g/mol. The van der Waals surface area contributed by atoms with E-state index >= 15 is 0 Å². The van der Waals surface area contributed by atoms with Gasteiger partial charge in [-0.2, -0.15) is 13.2 Å². The van der Waals surface area contributed by atoms with Crippen LogP contribution in [0.2, 0.25) is 0 Å². The van der Waals surface area contributed by atoms with E-state index in [4.69, 9.17) is 17.7 Å². The average molecular weight is 646 g/mol. The van der Waals surface area contributed by atoms with Gasteiger partial charge in [0.2, 0.25) is 0 Å². The van der Waals surface area contributed by atoms with Crippen molar-refractivity contribution in [1.82, 2.24) is 4.90 Å². The molecule has 2 saturated heterocycles. The third-order valence-corrected chi connectivity index (χ3v) is 8.86. The molecule has 2 fully saturated rings. The van der Waals surface area contributed by atoms with Gasteiger partial charge < -0.3 is 9.29 Å². The van der Waals surface area contributed by atoms with E-state index in [0.717, 1.165) is 12.8 Å². The number of methoxy groups -OCH3 is 1. The van der Waals surface area contributed by atoms with E-state index in [1.807, 2.05) is 6.07 Å². The van der Waals surface area contributed by atoms with Crippen LogP contribution < -0.4 is 0 Å². The second kappa shape index (κ2) is 13.7. The van der Waals surface area contributed by atoms with Gasteiger partial charge in [0.25, 0.3) is 0 Å². The van der Waals surface area contributed by atoms with Gasteiger partial charge in [-0.1, -0.05) is 48.4 Å². The number of carbonyl (C=O) groups excluding carboxylic acids is 1. The van der Waals surface area contributed by atoms with Gasteiger partial charge in [0.05, 0.1) is 13.0 Å². The number of carbonyl (C=O) groups is 1. The van der Waals surface area contributed by atoms with Crippen LogP contribution in [0.25, 0.3) is 0 Å². The smallest absolute Gasteiger partial charge is 0.741 e. The fourth-order valence-corrected chi connectivity index (χ4v) is 5.53. The van der Waals surface area contributed by atoms with Crippen LogP contribution >= 0.6 is 0 Å². The van der Waals surface area contributed by atoms with Crippen molar-refractivity contribution in [2.24, 2.45) is 11.8 Å². The van der Waals surface area contributed by atoms with E-state index in [9.17, 15) is 18.0 Å². The van der Waals surface area contributed by atoms with Crippen molar-refractivity contribution < 1.29 is 55.2 Å². The molecule has 1 aromatic carbocycles. The summed E-state index contributed by atoms with van der Waals surface area (Å²) in [5.74, 6) is 0.935. The third kappa shape index (κ3) is 7.77. The predicted molar refractivity (Wildman–Crippen MR) is 136 cm³/mol. The van der Waals surface area contributed by atoms with Gasteiger partial charge >= 0.3 is 31.0 Å². The number of fused-ring (bicyclic) bond motifs is 2. The van der Waals surface area contributed by atoms with Crippen LogP contribution in [0.15, 0.2) is 52.6 Å². The molecule has 0 aromatic heterocycles. The van der Waals surface area contributed by atoms with Crippen LogP contribution in [0.3, 0.4) is 0 Å². The van der Waals surface area contributed by atoms with Gasteiger partial charge in [0, 0.05) is 18.0 Å². The first-order chi connectivity index (χ1) is 17.0. The summed E-state index contributed by atoms with van der Waals surface area (Å²) in [6.07, 6.45) is 3.39. The zero-order valence-corrected chi connectivity index (χ0v) is 25.3. The number of ether oxygens (including phenoxy) is 1. The minimum absolute atomic E-state index is 0. The molecule has 6 nitrogen and oxygen atoms in total. The van der Waals surface area contributed by atoms with Crippen LogP contribution in [-0.2, 0) is 39.1 Å². The summed E-state index contributed by atoms with van der Waals surface area (Å²) < 4.78 is 64.0. The fraction of sp³-hybridized carbons (Fsp3) is 0.593. The Morgan fingerprint density at radius 1 is 1.03 bits per heavy atom. The molecule has 4 atom stereocenters. The van der Waals surface area contributed by atoms with Crippen molar-refractivity contribution in [3.05, 3.63) is 58.2 Å². The predicted octanol–water partition coefficient (Wildman–Crippen LogP) is 5.78. The summed E-state index contributed by atoms with van der Waals surface area (Å²) in [7, 11) is -2.43. The molecule has 0 amide bonds. The first-order valence-corrected chi connectivity index (χ1v) is 13.7. The quantitative estimate of drug-likeness (QED) is 0.175. The number of benzene rings is 1. The molecule has 11 heteroatoms. The first-order valence-electron chi connectivity index (χ1n) is 12.2. The number of esters is 1. The molecule has 2 heterocycles. The minimum atomic E-state index is -6.09. The zero-order valence-electron chi connectivity index (χ0n) is 22.8. The van der Waals surface area contributed by atoms with Crippen molar-refractivity contribution in [3.63, 3.8) is 0 Å². The normalized spacial score (nSPS) is 25.7. The van der Waals surface area contributed by atoms with Crippen molar-refractivity contribution >= 4 is 16.1 Å². The van der Waals surface area contributed by atoms with E-state index in [-0.39, 0.29) is 31.4 Å². The molecule has 0 spiro atoms. The summed E-state index contributed by atoms with van der Waals surface area (Å²) in [5.41, 5.74) is 1.75. The van der Waals surface area contributed by atoms with E-state index in [1.165, 1.54) is 30.2 Å². The Morgan fingerprint density at radius 2 is 1.50 bits per heavy atom. The Balaban J connectivity index is 0.000000322. The van der Waals surface area contributed by atoms with Crippen molar-refractivity contribution in [3.8, 4) is 0 Å². The number of nitrogens with zero attached hydrogens (tertiary/aromatic N) is 1. The SMILES string of the molecule is CC1=C(C)C(C)C(C)=C1C.COC(=O)C1C(c2ccccc2)CC2CCC1N2C.O=S(=O)([O-])C(F)(F)F.[Ru+]. The number of hydrogen-bond donors (Lipinski definition) is 0. The van der Waals surface area contributed by atoms with Gasteiger partial charge in [-0.25, -0.2) is 8.42 Å². The van der Waals surface area contributed by atoms with Crippen LogP contribution in [0.5, 0.6) is 0 Å². The van der Waals surface area contributed by atoms with Gasteiger partial charge in [-0.05, 0) is 76.6 Å². The number of rotatable bonds is 2. The Bertz CT molecular complexity index is 1110. The molecule has 1 aromatic rings. The topological polar surface area (TPSA) is 86.7 Å². The second-order valence-corrected chi connectivity index (χ2v) is 11.4. The number of piperidine rings is 1. The first kappa shape index (κ1) is 34.5. The molecule has 38 heavy (non-hydrogen) atoms. The maximum atomic E-state index is 12.2. The Kier molecular flexibility index (Phi) is 12.4. The van der Waals surface area contributed by atoms with Crippen LogP contribution in [0, 0.1) is 11.8 Å². The number of halogens is 3. The summed E-state index contributed by atoms with van der Waals surface area (Å²) in [5, 5.41) is 0. The average Bonchev–Trinajstić information content (AvgIpc) is 3.16. The molecule has 1 aliphatic carbocycles. The fourth-order valence-electron chi connectivity index (χ4n) is 5.53. The molecule has 4 rings (SSSR count). The molecule has 2 aliphatic heterocycles. The van der Waals surface area contributed by atoms with Crippen molar-refractivity contribution in [2.45, 2.75) is 77.4 Å². The van der Waals surface area contributed by atoms with Crippen LogP contribution in [0.1, 0.15) is 65.4 Å². The Hall–Kier alpha value is -1.55. The van der Waals surface area contributed by atoms with E-state index in [1.54, 1.807) is 11.1 Å². The maximum Gasteiger partial charge on any atom is 1.00 e. The van der Waals surface area contributed by atoms with Crippen molar-refractivity contribution in [2.75, 3.05) is 14.2 Å². The van der Waals surface area contributed by atoms with Gasteiger partial charge in [0.1, 0.15) is 0 Å². The second-order valence-electron chi connectivity index (χ2n) is 10.0. The van der Waals surface area contributed by atoms with Crippen molar-refractivity contribution in [1.29, 1.82) is 0 Å². The molecular formula is C27H37F3NO5RuS. The number of alkyl halides is 3. The van der Waals surface area contributed by atoms with Gasteiger partial charge in [-0.15, -0.1) is 0 Å². The van der Waals surface area contributed by atoms with Gasteiger partial charge in [0.15, 0.2) is 10.1 Å². The molecule has 2 bridgehead atoms. The standard InChI is InChI=1S/C16H21NO2.C10H16.CHF3O3S.Ru/c1-17-12-8-9-14(17)15(16(18)19-2)13(10-12)11-6-4-3-5-7-11;1-6-7(2)9(4)10(5)8(6)3;2-1(3,4)8(5,6)7;/h3-7,12-15H,8-10H2,1-2H3;6H,1-5H3;(H,5,6,7);/q;;;+1/p-1. The monoisotopic (exact) mass is 646 g/mol. The maximum absolute atomic E-state index is 12.2. The summed E-state index contributed by atoms with van der Waals surface area (Å²) >= 11 is 0. The largest absolute Gasteiger partial charge is 1.00 e. The van der Waals surface area contributed by atoms with E-state index < -0.39 is 15.6 Å². The molecule has 1 radical (unpaired) electrons. The van der Waals surface area contributed by atoms with Gasteiger partial charge in [-0.3, -0.25) is 9.69 Å². The summed E-state index contributed by atoms with van der Waals surface area (Å²) in [4.78, 5) is 14.6. The summed E-state index contributed by atoms with van der Waals surface area (Å²) in [6, 6.07) is 11.4. The Morgan fingerprint density at radius 3 is 1.87 bits per heavy atom. The van der Waals surface area contributed by atoms with Crippen LogP contribution in [0.4, 0.5) is 13.2 Å². The Labute approximate surface area is 237 Å². The molecule has 3 aliphatic rings. The van der Waals surface area contributed by atoms with E-state index in [2.05, 4.69) is 70.8 Å². The molecule has 0 N–H and O–H groups in total. The third-order valence-electron chi connectivity index (χ3n) is 8.30. The zero-order chi connectivity index (χ0) is 28.3. The van der Waals surface area contributed by atoms with Crippen LogP contribution in [-0.4, -0.2) is 55.6 Å². The molecule has 215 valence electrons. The number of hydrogen-bond acceptors (Lipinski definition) is 6. The minimum Gasteiger partial charge on any atom is -0.741 e.